The third-order valence-corrected chi connectivity index (χ3v) is 5.49. The van der Waals surface area contributed by atoms with E-state index in [1.54, 1.807) is 12.4 Å². The molecule has 0 radical (unpaired) electrons. The molecule has 31 heavy (non-hydrogen) atoms. The fourth-order valence-corrected chi connectivity index (χ4v) is 3.73. The Balaban J connectivity index is 1.18. The van der Waals surface area contributed by atoms with Gasteiger partial charge in [-0.1, -0.05) is 22.8 Å². The normalized spacial score (nSPS) is 14.6. The molecule has 162 valence electrons. The number of nitrogens with zero attached hydrogens (tertiary/aromatic N) is 6. The van der Waals surface area contributed by atoms with Crippen LogP contribution in [0.3, 0.4) is 0 Å². The molecule has 0 aliphatic carbocycles. The Morgan fingerprint density at radius 1 is 1.19 bits per heavy atom. The second kappa shape index (κ2) is 9.84. The molecular weight excluding hydrogens is 418 g/mol. The Hall–Kier alpha value is -3.04. The Bertz CT molecular complexity index is 1020. The van der Waals surface area contributed by atoms with Crippen molar-refractivity contribution in [1.82, 2.24) is 30.3 Å². The third kappa shape index (κ3) is 5.36. The lowest BCUT2D eigenvalue weighted by Crippen LogP contribution is -2.47. The first-order valence-corrected chi connectivity index (χ1v) is 10.6. The zero-order valence-corrected chi connectivity index (χ0v) is 18.0. The van der Waals surface area contributed by atoms with Gasteiger partial charge in [0.1, 0.15) is 6.33 Å². The predicted octanol–water partition coefficient (Wildman–Crippen LogP) is 2.43. The Morgan fingerprint density at radius 2 is 1.97 bits per heavy atom. The van der Waals surface area contributed by atoms with Gasteiger partial charge < -0.3 is 14.7 Å². The second-order valence-electron chi connectivity index (χ2n) is 7.42. The maximum Gasteiger partial charge on any atom is 0.316 e. The van der Waals surface area contributed by atoms with E-state index in [1.165, 1.54) is 17.6 Å². The molecule has 1 aromatic carbocycles. The summed E-state index contributed by atoms with van der Waals surface area (Å²) in [6.45, 7) is 7.44. The zero-order chi connectivity index (χ0) is 21.6. The summed E-state index contributed by atoms with van der Waals surface area (Å²) in [5, 5.41) is 7.41. The van der Waals surface area contributed by atoms with Crippen LogP contribution in [-0.2, 0) is 0 Å². The number of amides is 1. The number of benzene rings is 1. The van der Waals surface area contributed by atoms with E-state index in [2.05, 4.69) is 48.2 Å². The van der Waals surface area contributed by atoms with Gasteiger partial charge in [-0.05, 0) is 37.6 Å². The number of anilines is 1. The Kier molecular flexibility index (Phi) is 6.73. The van der Waals surface area contributed by atoms with Crippen molar-refractivity contribution in [2.45, 2.75) is 13.3 Å². The van der Waals surface area contributed by atoms with Gasteiger partial charge >= 0.3 is 11.8 Å². The fourth-order valence-electron chi connectivity index (χ4n) is 3.56. The fraction of sp³-hybridized carbons (Fsp3) is 0.381. The Labute approximate surface area is 185 Å². The molecule has 3 aromatic rings. The van der Waals surface area contributed by atoms with E-state index in [-0.39, 0.29) is 11.8 Å². The number of hydrogen-bond donors (Lipinski definition) is 1. The molecule has 2 aromatic heterocycles. The van der Waals surface area contributed by atoms with Crippen molar-refractivity contribution < 1.29 is 9.32 Å². The molecule has 9 nitrogen and oxygen atoms in total. The van der Waals surface area contributed by atoms with Gasteiger partial charge in [0.15, 0.2) is 0 Å². The highest BCUT2D eigenvalue weighted by Crippen LogP contribution is 2.25. The summed E-state index contributed by atoms with van der Waals surface area (Å²) in [6, 6.07) is 6.03. The summed E-state index contributed by atoms with van der Waals surface area (Å²) < 4.78 is 5.05. The number of halogens is 1. The average Bonchev–Trinajstić information content (AvgIpc) is 3.30. The van der Waals surface area contributed by atoms with E-state index < -0.39 is 0 Å². The maximum absolute atomic E-state index is 12.2. The highest BCUT2D eigenvalue weighted by molar-refractivity contribution is 6.30. The van der Waals surface area contributed by atoms with Crippen molar-refractivity contribution in [3.05, 3.63) is 53.4 Å². The van der Waals surface area contributed by atoms with Crippen LogP contribution in [0.25, 0.3) is 11.4 Å². The second-order valence-corrected chi connectivity index (χ2v) is 7.86. The van der Waals surface area contributed by atoms with Crippen molar-refractivity contribution in [2.24, 2.45) is 0 Å². The molecule has 0 saturated carbocycles. The molecule has 10 heteroatoms. The summed E-state index contributed by atoms with van der Waals surface area (Å²) >= 11 is 6.16. The van der Waals surface area contributed by atoms with Crippen molar-refractivity contribution in [3.63, 3.8) is 0 Å². The number of piperazine rings is 1. The van der Waals surface area contributed by atoms with Crippen LogP contribution in [0.2, 0.25) is 5.02 Å². The van der Waals surface area contributed by atoms with Crippen molar-refractivity contribution in [3.8, 4) is 11.4 Å². The lowest BCUT2D eigenvalue weighted by molar-refractivity contribution is 0.0907. The number of rotatable bonds is 7. The van der Waals surface area contributed by atoms with Gasteiger partial charge in [0.25, 0.3) is 0 Å². The summed E-state index contributed by atoms with van der Waals surface area (Å²) in [5.41, 5.74) is 3.04. The number of nitrogens with one attached hydrogen (secondary N) is 1. The number of carbonyl (C=O) groups is 1. The molecule has 0 bridgehead atoms. The maximum atomic E-state index is 12.2. The lowest BCUT2D eigenvalue weighted by Gasteiger charge is -2.36. The van der Waals surface area contributed by atoms with Crippen LogP contribution < -0.4 is 10.2 Å². The molecule has 3 heterocycles. The molecule has 1 fully saturated rings. The van der Waals surface area contributed by atoms with E-state index >= 15 is 0 Å². The molecule has 0 unspecified atom stereocenters. The van der Waals surface area contributed by atoms with Gasteiger partial charge in [0, 0.05) is 55.8 Å². The standard InChI is InChI=1S/C21H24ClN7O2/c1-15-3-4-17(22)11-18(15)29-9-7-28(8-10-29)6-2-5-25-20(30)21-26-19(27-31-21)16-12-23-14-24-13-16/h3-4,11-14H,2,5-10H2,1H3,(H,25,30). The number of hydrogen-bond acceptors (Lipinski definition) is 8. The molecule has 0 atom stereocenters. The quantitative estimate of drug-likeness (QED) is 0.558. The highest BCUT2D eigenvalue weighted by atomic mass is 35.5. The molecule has 4 rings (SSSR count). The van der Waals surface area contributed by atoms with Crippen LogP contribution in [0.15, 0.2) is 41.4 Å². The minimum atomic E-state index is -0.378. The summed E-state index contributed by atoms with van der Waals surface area (Å²) in [6.07, 6.45) is 5.38. The van der Waals surface area contributed by atoms with E-state index in [4.69, 9.17) is 16.1 Å². The summed E-state index contributed by atoms with van der Waals surface area (Å²) in [7, 11) is 0. The van der Waals surface area contributed by atoms with Gasteiger partial charge in [-0.2, -0.15) is 4.98 Å². The van der Waals surface area contributed by atoms with Crippen LogP contribution in [0.4, 0.5) is 5.69 Å². The molecule has 1 saturated heterocycles. The van der Waals surface area contributed by atoms with Crippen molar-refractivity contribution >= 4 is 23.2 Å². The molecule has 1 aliphatic rings. The largest absolute Gasteiger partial charge is 0.369 e. The topological polar surface area (TPSA) is 100 Å². The lowest BCUT2D eigenvalue weighted by atomic mass is 10.1. The third-order valence-electron chi connectivity index (χ3n) is 5.26. The SMILES string of the molecule is Cc1ccc(Cl)cc1N1CCN(CCCNC(=O)c2nc(-c3cncnc3)no2)CC1. The minimum Gasteiger partial charge on any atom is -0.369 e. The molecule has 1 N–H and O–H groups in total. The summed E-state index contributed by atoms with van der Waals surface area (Å²) in [4.78, 5) is 28.9. The smallest absolute Gasteiger partial charge is 0.316 e. The number of aromatic nitrogens is 4. The van der Waals surface area contributed by atoms with Gasteiger partial charge in [-0.3, -0.25) is 9.69 Å². The molecule has 1 aliphatic heterocycles. The van der Waals surface area contributed by atoms with Crippen LogP contribution in [0.1, 0.15) is 22.7 Å². The van der Waals surface area contributed by atoms with Gasteiger partial charge in [-0.25, -0.2) is 9.97 Å². The van der Waals surface area contributed by atoms with E-state index in [1.807, 2.05) is 12.1 Å². The van der Waals surface area contributed by atoms with Gasteiger partial charge in [-0.15, -0.1) is 0 Å². The first kappa shape index (κ1) is 21.2. The van der Waals surface area contributed by atoms with Gasteiger partial charge in [0.05, 0.1) is 5.56 Å². The molecule has 1 amide bonds. The van der Waals surface area contributed by atoms with Crippen LogP contribution in [0.5, 0.6) is 0 Å². The highest BCUT2D eigenvalue weighted by Gasteiger charge is 2.19. The molecular formula is C21H24ClN7O2. The Morgan fingerprint density at radius 3 is 2.74 bits per heavy atom. The van der Waals surface area contributed by atoms with E-state index in [9.17, 15) is 4.79 Å². The number of aryl methyl sites for hydroxylation is 1. The van der Waals surface area contributed by atoms with E-state index in [0.717, 1.165) is 44.2 Å². The van der Waals surface area contributed by atoms with Crippen LogP contribution in [0, 0.1) is 6.92 Å². The van der Waals surface area contributed by atoms with E-state index in [0.29, 0.717) is 17.9 Å². The predicted molar refractivity (Wildman–Crippen MR) is 117 cm³/mol. The first-order chi connectivity index (χ1) is 15.1. The minimum absolute atomic E-state index is 0.0654. The van der Waals surface area contributed by atoms with Crippen molar-refractivity contribution in [2.75, 3.05) is 44.2 Å². The first-order valence-electron chi connectivity index (χ1n) is 10.2. The van der Waals surface area contributed by atoms with Gasteiger partial charge in [0.2, 0.25) is 5.82 Å². The monoisotopic (exact) mass is 441 g/mol. The van der Waals surface area contributed by atoms with Crippen LogP contribution >= 0.6 is 11.6 Å². The van der Waals surface area contributed by atoms with Crippen LogP contribution in [-0.4, -0.2) is 70.2 Å². The average molecular weight is 442 g/mol. The summed E-state index contributed by atoms with van der Waals surface area (Å²) in [5.74, 6) is -0.153. The molecule has 0 spiro atoms. The number of carbonyl (C=O) groups excluding carboxylic acids is 1. The zero-order valence-electron chi connectivity index (χ0n) is 17.3. The van der Waals surface area contributed by atoms with Crippen molar-refractivity contribution in [1.29, 1.82) is 0 Å².